The molecule has 1 N–H and O–H groups in total. The van der Waals surface area contributed by atoms with Crippen LogP contribution in [0.2, 0.25) is 0 Å². The Bertz CT molecular complexity index is 414. The van der Waals surface area contributed by atoms with Crippen LogP contribution in [0.15, 0.2) is 12.1 Å². The number of hydrogen-bond donors (Lipinski definition) is 1. The SMILES string of the molecule is CNCC1CCc2ccc3c(c2O1)CCCC3. The van der Waals surface area contributed by atoms with E-state index >= 15 is 0 Å². The summed E-state index contributed by atoms with van der Waals surface area (Å²) in [6.45, 7) is 0.961. The maximum atomic E-state index is 6.21. The average molecular weight is 231 g/mol. The summed E-state index contributed by atoms with van der Waals surface area (Å²) in [5, 5.41) is 3.22. The molecule has 2 nitrogen and oxygen atoms in total. The summed E-state index contributed by atoms with van der Waals surface area (Å²) in [6.07, 6.45) is 7.80. The maximum Gasteiger partial charge on any atom is 0.126 e. The predicted molar refractivity (Wildman–Crippen MR) is 69.7 cm³/mol. The van der Waals surface area contributed by atoms with E-state index in [1.165, 1.54) is 54.5 Å². The van der Waals surface area contributed by atoms with Crippen LogP contribution in [-0.4, -0.2) is 19.7 Å². The second-order valence-corrected chi connectivity index (χ2v) is 5.23. The van der Waals surface area contributed by atoms with Crippen molar-refractivity contribution in [3.05, 3.63) is 28.8 Å². The smallest absolute Gasteiger partial charge is 0.126 e. The standard InChI is InChI=1S/C15H21NO/c1-16-10-13-9-8-12-7-6-11-4-2-3-5-14(11)15(12)17-13/h6-7,13,16H,2-5,8-10H2,1H3. The Morgan fingerprint density at radius 1 is 1.18 bits per heavy atom. The van der Waals surface area contributed by atoms with Crippen molar-refractivity contribution in [3.63, 3.8) is 0 Å². The lowest BCUT2D eigenvalue weighted by Gasteiger charge is -2.30. The number of fused-ring (bicyclic) bond motifs is 3. The molecule has 0 saturated heterocycles. The third-order valence-electron chi connectivity index (χ3n) is 4.01. The van der Waals surface area contributed by atoms with Crippen molar-refractivity contribution in [3.8, 4) is 5.75 Å². The van der Waals surface area contributed by atoms with Crippen molar-refractivity contribution in [1.82, 2.24) is 5.32 Å². The molecule has 1 aliphatic heterocycles. The molecule has 0 radical (unpaired) electrons. The van der Waals surface area contributed by atoms with Crippen LogP contribution in [0.4, 0.5) is 0 Å². The molecular formula is C15H21NO. The van der Waals surface area contributed by atoms with Gasteiger partial charge in [0.05, 0.1) is 0 Å². The second kappa shape index (κ2) is 4.69. The molecule has 1 unspecified atom stereocenters. The van der Waals surface area contributed by atoms with Gasteiger partial charge in [-0.3, -0.25) is 0 Å². The molecule has 17 heavy (non-hydrogen) atoms. The van der Waals surface area contributed by atoms with Crippen molar-refractivity contribution in [2.24, 2.45) is 0 Å². The summed E-state index contributed by atoms with van der Waals surface area (Å²) >= 11 is 0. The molecule has 1 atom stereocenters. The molecular weight excluding hydrogens is 210 g/mol. The van der Waals surface area contributed by atoms with Crippen LogP contribution in [0.3, 0.4) is 0 Å². The highest BCUT2D eigenvalue weighted by molar-refractivity contribution is 5.48. The third kappa shape index (κ3) is 2.06. The van der Waals surface area contributed by atoms with Gasteiger partial charge in [0, 0.05) is 6.54 Å². The van der Waals surface area contributed by atoms with Gasteiger partial charge in [-0.1, -0.05) is 12.1 Å². The molecule has 1 aliphatic carbocycles. The Kier molecular flexibility index (Phi) is 3.06. The van der Waals surface area contributed by atoms with E-state index in [9.17, 15) is 0 Å². The number of benzene rings is 1. The number of ether oxygens (including phenoxy) is 1. The van der Waals surface area contributed by atoms with Crippen LogP contribution in [0, 0.1) is 0 Å². The monoisotopic (exact) mass is 231 g/mol. The fourth-order valence-corrected chi connectivity index (χ4v) is 3.10. The van der Waals surface area contributed by atoms with Crippen LogP contribution in [0.1, 0.15) is 36.0 Å². The fraction of sp³-hybridized carbons (Fsp3) is 0.600. The molecule has 1 aromatic carbocycles. The van der Waals surface area contributed by atoms with Gasteiger partial charge in [0.1, 0.15) is 11.9 Å². The molecule has 0 saturated carbocycles. The number of aryl methyl sites for hydroxylation is 2. The van der Waals surface area contributed by atoms with Crippen molar-refractivity contribution >= 4 is 0 Å². The summed E-state index contributed by atoms with van der Waals surface area (Å²) in [4.78, 5) is 0. The van der Waals surface area contributed by atoms with E-state index in [-0.39, 0.29) is 0 Å². The summed E-state index contributed by atoms with van der Waals surface area (Å²) in [5.74, 6) is 1.23. The van der Waals surface area contributed by atoms with Crippen LogP contribution < -0.4 is 10.1 Å². The quantitative estimate of drug-likeness (QED) is 0.844. The van der Waals surface area contributed by atoms with E-state index in [0.29, 0.717) is 6.10 Å². The van der Waals surface area contributed by atoms with Gasteiger partial charge >= 0.3 is 0 Å². The van der Waals surface area contributed by atoms with Crippen molar-refractivity contribution < 1.29 is 4.74 Å². The first-order valence-corrected chi connectivity index (χ1v) is 6.83. The van der Waals surface area contributed by atoms with Crippen molar-refractivity contribution in [1.29, 1.82) is 0 Å². The van der Waals surface area contributed by atoms with Gasteiger partial charge in [-0.25, -0.2) is 0 Å². The molecule has 92 valence electrons. The summed E-state index contributed by atoms with van der Waals surface area (Å²) < 4.78 is 6.21. The summed E-state index contributed by atoms with van der Waals surface area (Å²) in [7, 11) is 2.00. The maximum absolute atomic E-state index is 6.21. The first-order valence-electron chi connectivity index (χ1n) is 6.83. The van der Waals surface area contributed by atoms with Gasteiger partial charge < -0.3 is 10.1 Å². The van der Waals surface area contributed by atoms with E-state index in [2.05, 4.69) is 17.4 Å². The first-order chi connectivity index (χ1) is 8.38. The topological polar surface area (TPSA) is 21.3 Å². The number of likely N-dealkylation sites (N-methyl/N-ethyl adjacent to an activating group) is 1. The normalized spacial score (nSPS) is 22.5. The van der Waals surface area contributed by atoms with E-state index in [1.54, 1.807) is 0 Å². The van der Waals surface area contributed by atoms with Crippen molar-refractivity contribution in [2.45, 2.75) is 44.6 Å². The molecule has 0 fully saturated rings. The largest absolute Gasteiger partial charge is 0.489 e. The van der Waals surface area contributed by atoms with Gasteiger partial charge in [0.2, 0.25) is 0 Å². The molecule has 3 rings (SSSR count). The molecule has 1 aromatic rings. The van der Waals surface area contributed by atoms with Gasteiger partial charge in [-0.05, 0) is 62.3 Å². The zero-order valence-corrected chi connectivity index (χ0v) is 10.6. The van der Waals surface area contributed by atoms with Crippen LogP contribution >= 0.6 is 0 Å². The Morgan fingerprint density at radius 3 is 2.88 bits per heavy atom. The summed E-state index contributed by atoms with van der Waals surface area (Å²) in [6, 6.07) is 4.62. The van der Waals surface area contributed by atoms with Gasteiger partial charge in [0.25, 0.3) is 0 Å². The zero-order valence-electron chi connectivity index (χ0n) is 10.6. The molecule has 2 aliphatic rings. The highest BCUT2D eigenvalue weighted by Gasteiger charge is 2.24. The Morgan fingerprint density at radius 2 is 2.00 bits per heavy atom. The van der Waals surface area contributed by atoms with E-state index in [0.717, 1.165) is 13.0 Å². The Hall–Kier alpha value is -1.02. The fourth-order valence-electron chi connectivity index (χ4n) is 3.10. The second-order valence-electron chi connectivity index (χ2n) is 5.23. The summed E-state index contributed by atoms with van der Waals surface area (Å²) in [5.41, 5.74) is 4.47. The number of nitrogens with one attached hydrogen (secondary N) is 1. The van der Waals surface area contributed by atoms with E-state index in [4.69, 9.17) is 4.74 Å². The molecule has 0 bridgehead atoms. The third-order valence-corrected chi connectivity index (χ3v) is 4.01. The lowest BCUT2D eigenvalue weighted by atomic mass is 9.87. The Balaban J connectivity index is 1.93. The lowest BCUT2D eigenvalue weighted by molar-refractivity contribution is 0.170. The minimum absolute atomic E-state index is 0.362. The van der Waals surface area contributed by atoms with Crippen LogP contribution in [0.25, 0.3) is 0 Å². The average Bonchev–Trinajstić information content (AvgIpc) is 2.39. The van der Waals surface area contributed by atoms with Gasteiger partial charge in [0.15, 0.2) is 0 Å². The molecule has 1 heterocycles. The van der Waals surface area contributed by atoms with Crippen molar-refractivity contribution in [2.75, 3.05) is 13.6 Å². The predicted octanol–water partition coefficient (Wildman–Crippen LogP) is 2.48. The van der Waals surface area contributed by atoms with Gasteiger partial charge in [-0.2, -0.15) is 0 Å². The highest BCUT2D eigenvalue weighted by atomic mass is 16.5. The number of rotatable bonds is 2. The molecule has 2 heteroatoms. The van der Waals surface area contributed by atoms with E-state index in [1.807, 2.05) is 7.05 Å². The molecule has 0 amide bonds. The highest BCUT2D eigenvalue weighted by Crippen LogP contribution is 2.37. The Labute approximate surface area is 103 Å². The first kappa shape index (κ1) is 11.1. The van der Waals surface area contributed by atoms with Crippen LogP contribution in [0.5, 0.6) is 5.75 Å². The van der Waals surface area contributed by atoms with E-state index < -0.39 is 0 Å². The molecule has 0 spiro atoms. The number of hydrogen-bond acceptors (Lipinski definition) is 2. The van der Waals surface area contributed by atoms with Gasteiger partial charge in [-0.15, -0.1) is 0 Å². The minimum Gasteiger partial charge on any atom is -0.489 e. The zero-order chi connectivity index (χ0) is 11.7. The lowest BCUT2D eigenvalue weighted by Crippen LogP contribution is -2.33. The molecule has 0 aromatic heterocycles. The minimum atomic E-state index is 0.362. The van der Waals surface area contributed by atoms with Crippen LogP contribution in [-0.2, 0) is 19.3 Å².